The third-order valence-corrected chi connectivity index (χ3v) is 4.02. The molecule has 0 aromatic heterocycles. The molecule has 3 nitrogen and oxygen atoms in total. The van der Waals surface area contributed by atoms with Gasteiger partial charge in [0.2, 0.25) is 0 Å². The third-order valence-electron chi connectivity index (χ3n) is 4.02. The van der Waals surface area contributed by atoms with Crippen molar-refractivity contribution in [2.45, 2.75) is 24.9 Å². The minimum Gasteiger partial charge on any atom is -0.371 e. The van der Waals surface area contributed by atoms with Gasteiger partial charge in [-0.1, -0.05) is 24.3 Å². The molecule has 0 spiro atoms. The Morgan fingerprint density at radius 3 is 2.61 bits per heavy atom. The fourth-order valence-corrected chi connectivity index (χ4v) is 2.95. The first-order valence-corrected chi connectivity index (χ1v) is 7.06. The minimum absolute atomic E-state index is 0.236. The number of piperidine rings is 1. The Bertz CT molecular complexity index is 349. The smallest absolute Gasteiger partial charge is 0.0949 e. The van der Waals surface area contributed by atoms with Crippen LogP contribution in [0.4, 0.5) is 0 Å². The van der Waals surface area contributed by atoms with Gasteiger partial charge in [0.25, 0.3) is 0 Å². The van der Waals surface area contributed by atoms with E-state index in [1.54, 1.807) is 0 Å². The highest BCUT2D eigenvalue weighted by atomic mass is 16.5. The van der Waals surface area contributed by atoms with Crippen LogP contribution in [0.15, 0.2) is 24.3 Å². The molecular formula is C15H22N2O. The van der Waals surface area contributed by atoms with Gasteiger partial charge < -0.3 is 15.4 Å². The predicted octanol–water partition coefficient (Wildman–Crippen LogP) is 1.81. The van der Waals surface area contributed by atoms with Gasteiger partial charge in [0.05, 0.1) is 12.7 Å². The molecule has 98 valence electrons. The molecule has 0 saturated carbocycles. The molecular weight excluding hydrogens is 224 g/mol. The van der Waals surface area contributed by atoms with Crippen LogP contribution in [0.5, 0.6) is 0 Å². The van der Waals surface area contributed by atoms with E-state index >= 15 is 0 Å². The molecule has 0 amide bonds. The highest BCUT2D eigenvalue weighted by Crippen LogP contribution is 2.28. The number of morpholine rings is 1. The van der Waals surface area contributed by atoms with E-state index < -0.39 is 0 Å². The molecule has 1 unspecified atom stereocenters. The third kappa shape index (κ3) is 2.74. The van der Waals surface area contributed by atoms with Crippen LogP contribution < -0.4 is 10.6 Å². The van der Waals surface area contributed by atoms with Gasteiger partial charge in [-0.3, -0.25) is 0 Å². The Hall–Kier alpha value is -0.900. The van der Waals surface area contributed by atoms with Gasteiger partial charge in [0.1, 0.15) is 0 Å². The summed E-state index contributed by atoms with van der Waals surface area (Å²) in [4.78, 5) is 0. The van der Waals surface area contributed by atoms with Crippen LogP contribution in [0.1, 0.15) is 36.0 Å². The summed E-state index contributed by atoms with van der Waals surface area (Å²) in [6.45, 7) is 5.04. The van der Waals surface area contributed by atoms with Crippen LogP contribution in [-0.4, -0.2) is 32.8 Å². The van der Waals surface area contributed by atoms with E-state index in [0.717, 1.165) is 38.7 Å². The molecule has 1 aromatic rings. The van der Waals surface area contributed by atoms with E-state index in [-0.39, 0.29) is 6.10 Å². The van der Waals surface area contributed by atoms with Crippen molar-refractivity contribution in [2.75, 3.05) is 32.8 Å². The maximum absolute atomic E-state index is 5.83. The van der Waals surface area contributed by atoms with Gasteiger partial charge >= 0.3 is 0 Å². The van der Waals surface area contributed by atoms with Crippen molar-refractivity contribution in [3.8, 4) is 0 Å². The van der Waals surface area contributed by atoms with Gasteiger partial charge in [0.15, 0.2) is 0 Å². The fourth-order valence-electron chi connectivity index (χ4n) is 2.95. The summed E-state index contributed by atoms with van der Waals surface area (Å²) < 4.78 is 5.83. The van der Waals surface area contributed by atoms with Crippen molar-refractivity contribution in [3.05, 3.63) is 35.4 Å². The van der Waals surface area contributed by atoms with E-state index in [2.05, 4.69) is 34.9 Å². The minimum atomic E-state index is 0.236. The molecule has 0 bridgehead atoms. The zero-order chi connectivity index (χ0) is 12.2. The first-order chi connectivity index (χ1) is 8.93. The van der Waals surface area contributed by atoms with E-state index in [1.807, 2.05) is 0 Å². The lowest BCUT2D eigenvalue weighted by molar-refractivity contribution is 0.0276. The number of hydrogen-bond acceptors (Lipinski definition) is 3. The zero-order valence-electron chi connectivity index (χ0n) is 10.8. The highest BCUT2D eigenvalue weighted by molar-refractivity contribution is 5.28. The molecule has 3 heteroatoms. The summed E-state index contributed by atoms with van der Waals surface area (Å²) >= 11 is 0. The molecule has 2 fully saturated rings. The Morgan fingerprint density at radius 1 is 1.00 bits per heavy atom. The summed E-state index contributed by atoms with van der Waals surface area (Å²) in [6.07, 6.45) is 2.75. The first kappa shape index (κ1) is 12.2. The van der Waals surface area contributed by atoms with Crippen LogP contribution in [0, 0.1) is 0 Å². The van der Waals surface area contributed by atoms with Crippen molar-refractivity contribution in [2.24, 2.45) is 0 Å². The van der Waals surface area contributed by atoms with Gasteiger partial charge in [-0.15, -0.1) is 0 Å². The molecule has 0 radical (unpaired) electrons. The summed E-state index contributed by atoms with van der Waals surface area (Å²) in [5.74, 6) is 0.725. The first-order valence-electron chi connectivity index (χ1n) is 7.06. The molecule has 18 heavy (non-hydrogen) atoms. The topological polar surface area (TPSA) is 33.3 Å². The van der Waals surface area contributed by atoms with E-state index in [4.69, 9.17) is 4.74 Å². The summed E-state index contributed by atoms with van der Waals surface area (Å²) in [6, 6.07) is 9.01. The van der Waals surface area contributed by atoms with Gasteiger partial charge in [-0.05, 0) is 43.0 Å². The fraction of sp³-hybridized carbons (Fsp3) is 0.600. The van der Waals surface area contributed by atoms with Crippen molar-refractivity contribution >= 4 is 0 Å². The molecule has 3 rings (SSSR count). The second-order valence-corrected chi connectivity index (χ2v) is 5.26. The van der Waals surface area contributed by atoms with Crippen LogP contribution in [0.2, 0.25) is 0 Å². The lowest BCUT2D eigenvalue weighted by Gasteiger charge is -2.26. The second-order valence-electron chi connectivity index (χ2n) is 5.26. The van der Waals surface area contributed by atoms with Crippen LogP contribution >= 0.6 is 0 Å². The highest BCUT2D eigenvalue weighted by Gasteiger charge is 2.19. The van der Waals surface area contributed by atoms with Crippen LogP contribution in [-0.2, 0) is 4.74 Å². The number of ether oxygens (including phenoxy) is 1. The largest absolute Gasteiger partial charge is 0.371 e. The number of benzene rings is 1. The average molecular weight is 246 g/mol. The van der Waals surface area contributed by atoms with E-state index in [0.29, 0.717) is 0 Å². The second kappa shape index (κ2) is 5.83. The number of nitrogens with one attached hydrogen (secondary N) is 2. The van der Waals surface area contributed by atoms with Gasteiger partial charge in [0, 0.05) is 13.1 Å². The normalized spacial score (nSPS) is 26.1. The SMILES string of the molecule is c1cc(C2CCNCC2)cc(C2CNCCO2)c1. The maximum Gasteiger partial charge on any atom is 0.0949 e. The molecule has 0 aliphatic carbocycles. The predicted molar refractivity (Wildman–Crippen MR) is 72.8 cm³/mol. The van der Waals surface area contributed by atoms with Crippen LogP contribution in [0.25, 0.3) is 0 Å². The zero-order valence-corrected chi connectivity index (χ0v) is 10.8. The van der Waals surface area contributed by atoms with Crippen molar-refractivity contribution in [1.29, 1.82) is 0 Å². The molecule has 2 N–H and O–H groups in total. The van der Waals surface area contributed by atoms with Gasteiger partial charge in [-0.25, -0.2) is 0 Å². The van der Waals surface area contributed by atoms with Crippen molar-refractivity contribution < 1.29 is 4.74 Å². The lowest BCUT2D eigenvalue weighted by atomic mass is 9.88. The molecule has 1 atom stereocenters. The Labute approximate surface area is 109 Å². The monoisotopic (exact) mass is 246 g/mol. The molecule has 1 aromatic carbocycles. The Kier molecular flexibility index (Phi) is 3.93. The lowest BCUT2D eigenvalue weighted by Crippen LogP contribution is -2.33. The average Bonchev–Trinajstić information content (AvgIpc) is 2.49. The molecule has 2 aliphatic rings. The van der Waals surface area contributed by atoms with Crippen molar-refractivity contribution in [1.82, 2.24) is 10.6 Å². The number of hydrogen-bond donors (Lipinski definition) is 2. The summed E-state index contributed by atoms with van der Waals surface area (Å²) in [5.41, 5.74) is 2.82. The van der Waals surface area contributed by atoms with E-state index in [9.17, 15) is 0 Å². The van der Waals surface area contributed by atoms with Crippen molar-refractivity contribution in [3.63, 3.8) is 0 Å². The van der Waals surface area contributed by atoms with Gasteiger partial charge in [-0.2, -0.15) is 0 Å². The standard InChI is InChI=1S/C15H22N2O/c1-2-13(12-4-6-16-7-5-12)10-14(3-1)15-11-17-8-9-18-15/h1-3,10,12,15-17H,4-9,11H2. The Balaban J connectivity index is 1.75. The summed E-state index contributed by atoms with van der Waals surface area (Å²) in [7, 11) is 0. The molecule has 2 heterocycles. The van der Waals surface area contributed by atoms with E-state index in [1.165, 1.54) is 24.0 Å². The quantitative estimate of drug-likeness (QED) is 0.835. The summed E-state index contributed by atoms with van der Waals surface area (Å²) in [5, 5.41) is 6.83. The molecule has 2 saturated heterocycles. The van der Waals surface area contributed by atoms with Crippen LogP contribution in [0.3, 0.4) is 0 Å². The maximum atomic E-state index is 5.83. The number of rotatable bonds is 2. The Morgan fingerprint density at radius 2 is 1.83 bits per heavy atom. The molecule has 2 aliphatic heterocycles.